The summed E-state index contributed by atoms with van der Waals surface area (Å²) in [6.07, 6.45) is 1.81. The number of nitrogens with zero attached hydrogens (tertiary/aromatic N) is 4. The molecule has 0 fully saturated rings. The molecule has 8 heteroatoms. The Morgan fingerprint density at radius 3 is 2.60 bits per heavy atom. The number of anilines is 1. The highest BCUT2D eigenvalue weighted by Crippen LogP contribution is 2.21. The van der Waals surface area contributed by atoms with Crippen LogP contribution in [0.1, 0.15) is 26.0 Å². The molecule has 0 spiro atoms. The van der Waals surface area contributed by atoms with Gasteiger partial charge in [-0.3, -0.25) is 9.25 Å². The molecule has 0 aromatic carbocycles. The van der Waals surface area contributed by atoms with E-state index in [1.165, 1.54) is 0 Å². The zero-order valence-corrected chi connectivity index (χ0v) is 12.9. The van der Waals surface area contributed by atoms with Gasteiger partial charge in [0.2, 0.25) is 5.95 Å². The fraction of sp³-hybridized carbons (Fsp3) is 0.667. The number of nitrogen functional groups attached to an aromatic ring is 1. The largest absolute Gasteiger partial charge is 0.369 e. The summed E-state index contributed by atoms with van der Waals surface area (Å²) in [6.45, 7) is 4.03. The Bertz CT molecular complexity index is 714. The molecule has 7 nitrogen and oxygen atoms in total. The molecule has 0 radical (unpaired) electrons. The molecule has 0 bridgehead atoms. The van der Waals surface area contributed by atoms with Crippen LogP contribution in [-0.4, -0.2) is 39.3 Å². The standard InChI is InChI=1S/C12H21N5O2S/c1-4-6-9-10-11(16(3)15-9)17(12(13)14-10)7-8-20(18,19)5-2/h4-8H2,1-3H3,(H2,13,14). The Morgan fingerprint density at radius 2 is 2.00 bits per heavy atom. The predicted molar refractivity (Wildman–Crippen MR) is 79.2 cm³/mol. The van der Waals surface area contributed by atoms with E-state index in [-0.39, 0.29) is 11.5 Å². The fourth-order valence-electron chi connectivity index (χ4n) is 2.26. The Balaban J connectivity index is 2.41. The molecule has 0 saturated carbocycles. The smallest absolute Gasteiger partial charge is 0.202 e. The molecule has 2 heterocycles. The molecule has 0 aliphatic heterocycles. The van der Waals surface area contributed by atoms with E-state index in [1.54, 1.807) is 16.2 Å². The molecule has 2 N–H and O–H groups in total. The summed E-state index contributed by atoms with van der Waals surface area (Å²) in [7, 11) is -1.20. The number of aromatic nitrogens is 4. The van der Waals surface area contributed by atoms with Crippen molar-refractivity contribution >= 4 is 26.9 Å². The van der Waals surface area contributed by atoms with Gasteiger partial charge in [0.1, 0.15) is 5.52 Å². The molecule has 0 aliphatic carbocycles. The molecule has 112 valence electrons. The second kappa shape index (κ2) is 5.43. The van der Waals surface area contributed by atoms with Crippen LogP contribution in [-0.2, 0) is 29.9 Å². The van der Waals surface area contributed by atoms with Gasteiger partial charge >= 0.3 is 0 Å². The molecule has 0 saturated heterocycles. The minimum atomic E-state index is -3.03. The van der Waals surface area contributed by atoms with Gasteiger partial charge < -0.3 is 5.73 Å². The first kappa shape index (κ1) is 14.8. The normalized spacial score (nSPS) is 12.3. The number of hydrogen-bond acceptors (Lipinski definition) is 5. The summed E-state index contributed by atoms with van der Waals surface area (Å²) in [5.41, 5.74) is 8.40. The van der Waals surface area contributed by atoms with Crippen LogP contribution in [0, 0.1) is 0 Å². The van der Waals surface area contributed by atoms with Crippen molar-refractivity contribution in [1.82, 2.24) is 19.3 Å². The van der Waals surface area contributed by atoms with Crippen molar-refractivity contribution in [2.45, 2.75) is 33.2 Å². The molecular formula is C12H21N5O2S. The van der Waals surface area contributed by atoms with Crippen LogP contribution in [0.3, 0.4) is 0 Å². The summed E-state index contributed by atoms with van der Waals surface area (Å²) < 4.78 is 26.7. The topological polar surface area (TPSA) is 95.8 Å². The van der Waals surface area contributed by atoms with Crippen LogP contribution in [0.5, 0.6) is 0 Å². The maximum absolute atomic E-state index is 11.6. The molecule has 0 atom stereocenters. The van der Waals surface area contributed by atoms with Crippen LogP contribution >= 0.6 is 0 Å². The summed E-state index contributed by atoms with van der Waals surface area (Å²) >= 11 is 0. The van der Waals surface area contributed by atoms with Gasteiger partial charge in [0, 0.05) is 19.3 Å². The quantitative estimate of drug-likeness (QED) is 0.848. The summed E-state index contributed by atoms with van der Waals surface area (Å²) in [6, 6.07) is 0. The Kier molecular flexibility index (Phi) is 4.03. The lowest BCUT2D eigenvalue weighted by atomic mass is 10.2. The first-order valence-electron chi connectivity index (χ1n) is 6.77. The predicted octanol–water partition coefficient (Wildman–Crippen LogP) is 0.739. The average Bonchev–Trinajstić information content (AvgIpc) is 2.86. The first-order chi connectivity index (χ1) is 9.39. The minimum absolute atomic E-state index is 0.0629. The van der Waals surface area contributed by atoms with Crippen molar-refractivity contribution in [2.75, 3.05) is 17.2 Å². The number of fused-ring (bicyclic) bond motifs is 1. The molecule has 2 rings (SSSR count). The molecule has 0 unspecified atom stereocenters. The van der Waals surface area contributed by atoms with E-state index < -0.39 is 9.84 Å². The zero-order chi connectivity index (χ0) is 14.9. The number of imidazole rings is 1. The third-order valence-corrected chi connectivity index (χ3v) is 5.06. The molecule has 20 heavy (non-hydrogen) atoms. The van der Waals surface area contributed by atoms with E-state index in [0.29, 0.717) is 12.5 Å². The van der Waals surface area contributed by atoms with E-state index in [0.717, 1.165) is 29.7 Å². The van der Waals surface area contributed by atoms with Crippen LogP contribution in [0.25, 0.3) is 11.2 Å². The Morgan fingerprint density at radius 1 is 1.30 bits per heavy atom. The average molecular weight is 299 g/mol. The minimum Gasteiger partial charge on any atom is -0.369 e. The summed E-state index contributed by atoms with van der Waals surface area (Å²) in [4.78, 5) is 4.34. The second-order valence-corrected chi connectivity index (χ2v) is 7.32. The van der Waals surface area contributed by atoms with Gasteiger partial charge in [0.15, 0.2) is 15.5 Å². The van der Waals surface area contributed by atoms with Crippen LogP contribution in [0.2, 0.25) is 0 Å². The SMILES string of the molecule is CCCc1nn(C)c2c1nc(N)n2CCS(=O)(=O)CC. The van der Waals surface area contributed by atoms with Gasteiger partial charge in [0.05, 0.1) is 11.4 Å². The molecule has 0 aliphatic rings. The molecule has 2 aromatic heterocycles. The van der Waals surface area contributed by atoms with Gasteiger partial charge in [0.25, 0.3) is 0 Å². The Labute approximate surface area is 118 Å². The van der Waals surface area contributed by atoms with Gasteiger partial charge in [-0.15, -0.1) is 0 Å². The second-order valence-electron chi connectivity index (χ2n) is 4.85. The highest BCUT2D eigenvalue weighted by atomic mass is 32.2. The monoisotopic (exact) mass is 299 g/mol. The first-order valence-corrected chi connectivity index (χ1v) is 8.59. The van der Waals surface area contributed by atoms with Crippen molar-refractivity contribution in [3.63, 3.8) is 0 Å². The van der Waals surface area contributed by atoms with Crippen molar-refractivity contribution in [1.29, 1.82) is 0 Å². The van der Waals surface area contributed by atoms with E-state index >= 15 is 0 Å². The third kappa shape index (κ3) is 2.65. The number of aryl methyl sites for hydroxylation is 3. The molecule has 0 amide bonds. The van der Waals surface area contributed by atoms with Crippen LogP contribution < -0.4 is 5.73 Å². The lowest BCUT2D eigenvalue weighted by molar-refractivity contribution is 0.590. The molecule has 2 aromatic rings. The van der Waals surface area contributed by atoms with E-state index in [1.807, 2.05) is 7.05 Å². The van der Waals surface area contributed by atoms with Crippen molar-refractivity contribution in [2.24, 2.45) is 7.05 Å². The van der Waals surface area contributed by atoms with Gasteiger partial charge in [-0.2, -0.15) is 5.10 Å². The van der Waals surface area contributed by atoms with E-state index in [4.69, 9.17) is 5.73 Å². The Hall–Kier alpha value is -1.57. The van der Waals surface area contributed by atoms with Crippen molar-refractivity contribution < 1.29 is 8.42 Å². The highest BCUT2D eigenvalue weighted by Gasteiger charge is 2.18. The van der Waals surface area contributed by atoms with Crippen LogP contribution in [0.15, 0.2) is 0 Å². The van der Waals surface area contributed by atoms with Crippen LogP contribution in [0.4, 0.5) is 5.95 Å². The van der Waals surface area contributed by atoms with Crippen molar-refractivity contribution in [3.05, 3.63) is 5.69 Å². The number of hydrogen-bond donors (Lipinski definition) is 1. The number of sulfone groups is 1. The lowest BCUT2D eigenvalue weighted by Gasteiger charge is -2.06. The summed E-state index contributed by atoms with van der Waals surface area (Å²) in [5, 5.41) is 4.43. The van der Waals surface area contributed by atoms with E-state index in [9.17, 15) is 8.42 Å². The van der Waals surface area contributed by atoms with Gasteiger partial charge in [-0.05, 0) is 6.42 Å². The zero-order valence-electron chi connectivity index (χ0n) is 12.1. The lowest BCUT2D eigenvalue weighted by Crippen LogP contribution is -2.16. The number of nitrogens with two attached hydrogens (primary N) is 1. The van der Waals surface area contributed by atoms with Gasteiger partial charge in [-0.25, -0.2) is 13.4 Å². The van der Waals surface area contributed by atoms with Crippen molar-refractivity contribution in [3.8, 4) is 0 Å². The van der Waals surface area contributed by atoms with E-state index in [2.05, 4.69) is 17.0 Å². The maximum Gasteiger partial charge on any atom is 0.202 e. The fourth-order valence-corrected chi connectivity index (χ4v) is 3.01. The third-order valence-electron chi connectivity index (χ3n) is 3.37. The number of rotatable bonds is 6. The summed E-state index contributed by atoms with van der Waals surface area (Å²) in [5.74, 6) is 0.543. The highest BCUT2D eigenvalue weighted by molar-refractivity contribution is 7.91. The van der Waals surface area contributed by atoms with Gasteiger partial charge in [-0.1, -0.05) is 20.3 Å². The molecular weight excluding hydrogens is 278 g/mol. The maximum atomic E-state index is 11.6.